The molecule has 1 unspecified atom stereocenters. The predicted octanol–water partition coefficient (Wildman–Crippen LogP) is 2.59. The van der Waals surface area contributed by atoms with Gasteiger partial charge < -0.3 is 15.3 Å². The fourth-order valence-electron chi connectivity index (χ4n) is 2.31. The molecule has 0 aromatic heterocycles. The van der Waals surface area contributed by atoms with E-state index in [1.165, 1.54) is 17.0 Å². The van der Waals surface area contributed by atoms with E-state index in [1.54, 1.807) is 6.07 Å². The maximum Gasteiger partial charge on any atom is 0.317 e. The van der Waals surface area contributed by atoms with Gasteiger partial charge >= 0.3 is 12.0 Å². The average Bonchev–Trinajstić information content (AvgIpc) is 2.46. The van der Waals surface area contributed by atoms with E-state index < -0.39 is 11.9 Å². The third-order valence-electron chi connectivity index (χ3n) is 3.50. The molecular weight excluding hydrogens is 343 g/mol. The van der Waals surface area contributed by atoms with Gasteiger partial charge in [-0.15, -0.1) is 0 Å². The highest BCUT2D eigenvalue weighted by molar-refractivity contribution is 9.10. The second-order valence-electron chi connectivity index (χ2n) is 5.02. The quantitative estimate of drug-likeness (QED) is 0.872. The lowest BCUT2D eigenvalue weighted by Crippen LogP contribution is -2.46. The SMILES string of the molecule is O=C(O)C1CCCN(C(=O)NCc2ccc(F)cc2Br)C1. The highest BCUT2D eigenvalue weighted by Gasteiger charge is 2.27. The van der Waals surface area contributed by atoms with E-state index in [0.717, 1.165) is 5.56 Å². The fraction of sp³-hybridized carbons (Fsp3) is 0.429. The van der Waals surface area contributed by atoms with E-state index in [2.05, 4.69) is 21.2 Å². The number of likely N-dealkylation sites (tertiary alicyclic amines) is 1. The van der Waals surface area contributed by atoms with Gasteiger partial charge in [0, 0.05) is 24.1 Å². The molecule has 0 radical (unpaired) electrons. The minimum atomic E-state index is -0.867. The van der Waals surface area contributed by atoms with Gasteiger partial charge in [-0.05, 0) is 30.5 Å². The summed E-state index contributed by atoms with van der Waals surface area (Å²) in [4.78, 5) is 24.5. The maximum atomic E-state index is 13.0. The summed E-state index contributed by atoms with van der Waals surface area (Å²) in [5.41, 5.74) is 0.761. The van der Waals surface area contributed by atoms with Gasteiger partial charge in [0.05, 0.1) is 5.92 Å². The Morgan fingerprint density at radius 2 is 2.24 bits per heavy atom. The second kappa shape index (κ2) is 6.89. The van der Waals surface area contributed by atoms with Crippen LogP contribution in [0.4, 0.5) is 9.18 Å². The van der Waals surface area contributed by atoms with Crippen LogP contribution in [0, 0.1) is 11.7 Å². The molecule has 5 nitrogen and oxygen atoms in total. The molecule has 0 saturated carbocycles. The zero-order valence-corrected chi connectivity index (χ0v) is 12.9. The molecule has 0 bridgehead atoms. The van der Waals surface area contributed by atoms with Crippen LogP contribution in [0.1, 0.15) is 18.4 Å². The Labute approximate surface area is 130 Å². The number of carbonyl (C=O) groups is 2. The summed E-state index contributed by atoms with van der Waals surface area (Å²) in [6.45, 7) is 1.04. The number of amides is 2. The number of urea groups is 1. The standard InChI is InChI=1S/C14H16BrFN2O3/c15-12-6-11(16)4-3-9(12)7-17-14(21)18-5-1-2-10(8-18)13(19)20/h3-4,6,10H,1-2,5,7-8H2,(H,17,21)(H,19,20). The number of nitrogens with one attached hydrogen (secondary N) is 1. The molecule has 2 amide bonds. The molecule has 1 fully saturated rings. The minimum Gasteiger partial charge on any atom is -0.481 e. The summed E-state index contributed by atoms with van der Waals surface area (Å²) in [5.74, 6) is -1.71. The molecule has 1 aromatic carbocycles. The molecule has 2 N–H and O–H groups in total. The van der Waals surface area contributed by atoms with Gasteiger partial charge in [-0.2, -0.15) is 0 Å². The summed E-state index contributed by atoms with van der Waals surface area (Å²) < 4.78 is 13.6. The number of nitrogens with zero attached hydrogens (tertiary/aromatic N) is 1. The molecule has 1 atom stereocenters. The van der Waals surface area contributed by atoms with Crippen molar-refractivity contribution in [2.24, 2.45) is 5.92 Å². The van der Waals surface area contributed by atoms with Crippen molar-refractivity contribution in [2.75, 3.05) is 13.1 Å². The highest BCUT2D eigenvalue weighted by atomic mass is 79.9. The van der Waals surface area contributed by atoms with Crippen molar-refractivity contribution in [3.05, 3.63) is 34.1 Å². The third kappa shape index (κ3) is 4.17. The smallest absolute Gasteiger partial charge is 0.317 e. The van der Waals surface area contributed by atoms with Gasteiger partial charge in [0.2, 0.25) is 0 Å². The molecule has 0 aliphatic carbocycles. The largest absolute Gasteiger partial charge is 0.481 e. The van der Waals surface area contributed by atoms with Crippen LogP contribution in [0.5, 0.6) is 0 Å². The van der Waals surface area contributed by atoms with E-state index in [9.17, 15) is 14.0 Å². The Kier molecular flexibility index (Phi) is 5.17. The van der Waals surface area contributed by atoms with Crippen LogP contribution in [0.25, 0.3) is 0 Å². The lowest BCUT2D eigenvalue weighted by molar-refractivity contribution is -0.143. The van der Waals surface area contributed by atoms with Gasteiger partial charge in [0.15, 0.2) is 0 Å². The summed E-state index contributed by atoms with van der Waals surface area (Å²) >= 11 is 3.24. The van der Waals surface area contributed by atoms with Crippen LogP contribution in [0.2, 0.25) is 0 Å². The zero-order chi connectivity index (χ0) is 15.4. The Bertz CT molecular complexity index is 553. The fourth-order valence-corrected chi connectivity index (χ4v) is 2.80. The van der Waals surface area contributed by atoms with E-state index in [4.69, 9.17) is 5.11 Å². The van der Waals surface area contributed by atoms with Crippen molar-refractivity contribution in [2.45, 2.75) is 19.4 Å². The van der Waals surface area contributed by atoms with Gasteiger partial charge in [-0.1, -0.05) is 22.0 Å². The number of carboxylic acids is 1. The molecule has 1 saturated heterocycles. The first-order valence-corrected chi connectivity index (χ1v) is 7.46. The monoisotopic (exact) mass is 358 g/mol. The zero-order valence-electron chi connectivity index (χ0n) is 11.3. The molecule has 1 aliphatic heterocycles. The Balaban J connectivity index is 1.90. The first kappa shape index (κ1) is 15.8. The van der Waals surface area contributed by atoms with Crippen LogP contribution in [-0.4, -0.2) is 35.1 Å². The van der Waals surface area contributed by atoms with Gasteiger partial charge in [0.1, 0.15) is 5.82 Å². The number of piperidine rings is 1. The molecule has 7 heteroatoms. The van der Waals surface area contributed by atoms with Gasteiger partial charge in [-0.25, -0.2) is 9.18 Å². The molecule has 0 spiro atoms. The van der Waals surface area contributed by atoms with Crippen molar-refractivity contribution >= 4 is 27.9 Å². The highest BCUT2D eigenvalue weighted by Crippen LogP contribution is 2.19. The summed E-state index contributed by atoms with van der Waals surface area (Å²) in [5, 5.41) is 11.7. The summed E-state index contributed by atoms with van der Waals surface area (Å²) in [7, 11) is 0. The number of hydrogen-bond donors (Lipinski definition) is 2. The third-order valence-corrected chi connectivity index (χ3v) is 4.24. The van der Waals surface area contributed by atoms with Crippen molar-refractivity contribution in [1.29, 1.82) is 0 Å². The number of carboxylic acid groups (broad SMARTS) is 1. The average molecular weight is 359 g/mol. The number of aliphatic carboxylic acids is 1. The van der Waals surface area contributed by atoms with Crippen LogP contribution >= 0.6 is 15.9 Å². The minimum absolute atomic E-state index is 0.228. The van der Waals surface area contributed by atoms with E-state index >= 15 is 0 Å². The number of carbonyl (C=O) groups excluding carboxylic acids is 1. The van der Waals surface area contributed by atoms with Crippen LogP contribution in [0.3, 0.4) is 0 Å². The number of halogens is 2. The molecular formula is C14H16BrFN2O3. The molecule has 114 valence electrons. The van der Waals surface area contributed by atoms with Crippen molar-refractivity contribution in [1.82, 2.24) is 10.2 Å². The van der Waals surface area contributed by atoms with E-state index in [0.29, 0.717) is 23.9 Å². The molecule has 1 heterocycles. The van der Waals surface area contributed by atoms with Crippen LogP contribution < -0.4 is 5.32 Å². The first-order chi connectivity index (χ1) is 9.97. The Morgan fingerprint density at radius 3 is 2.90 bits per heavy atom. The Morgan fingerprint density at radius 1 is 1.48 bits per heavy atom. The first-order valence-electron chi connectivity index (χ1n) is 6.67. The van der Waals surface area contributed by atoms with Gasteiger partial charge in [0.25, 0.3) is 0 Å². The maximum absolute atomic E-state index is 13.0. The molecule has 2 rings (SSSR count). The Hall–Kier alpha value is -1.63. The molecule has 21 heavy (non-hydrogen) atoms. The van der Waals surface area contributed by atoms with Gasteiger partial charge in [-0.3, -0.25) is 4.79 Å². The van der Waals surface area contributed by atoms with Crippen molar-refractivity contribution in [3.8, 4) is 0 Å². The van der Waals surface area contributed by atoms with Crippen LogP contribution in [-0.2, 0) is 11.3 Å². The summed E-state index contributed by atoms with van der Waals surface area (Å²) in [6, 6.07) is 3.96. The summed E-state index contributed by atoms with van der Waals surface area (Å²) in [6.07, 6.45) is 1.28. The lowest BCUT2D eigenvalue weighted by atomic mass is 9.99. The number of hydrogen-bond acceptors (Lipinski definition) is 2. The number of rotatable bonds is 3. The van der Waals surface area contributed by atoms with Crippen molar-refractivity contribution < 1.29 is 19.1 Å². The van der Waals surface area contributed by atoms with Crippen LogP contribution in [0.15, 0.2) is 22.7 Å². The lowest BCUT2D eigenvalue weighted by Gasteiger charge is -2.30. The normalized spacial score (nSPS) is 18.4. The number of benzene rings is 1. The van der Waals surface area contributed by atoms with Crippen molar-refractivity contribution in [3.63, 3.8) is 0 Å². The molecule has 1 aliphatic rings. The van der Waals surface area contributed by atoms with E-state index in [1.807, 2.05) is 0 Å². The molecule has 1 aromatic rings. The second-order valence-corrected chi connectivity index (χ2v) is 5.87. The predicted molar refractivity (Wildman–Crippen MR) is 78.3 cm³/mol. The van der Waals surface area contributed by atoms with E-state index in [-0.39, 0.29) is 24.9 Å². The topological polar surface area (TPSA) is 69.6 Å².